The predicted octanol–water partition coefficient (Wildman–Crippen LogP) is 2.30. The van der Waals surface area contributed by atoms with Gasteiger partial charge in [0.2, 0.25) is 0 Å². The second-order valence-electron chi connectivity index (χ2n) is 4.49. The second-order valence-corrected chi connectivity index (χ2v) is 4.49. The summed E-state index contributed by atoms with van der Waals surface area (Å²) in [5.74, 6) is -2.48. The van der Waals surface area contributed by atoms with E-state index in [1.165, 1.54) is 28.8 Å². The summed E-state index contributed by atoms with van der Waals surface area (Å²) in [4.78, 5) is 11.0. The Bertz CT molecular complexity index is 845. The number of benzene rings is 1. The average Bonchev–Trinajstić information content (AvgIpc) is 2.85. The smallest absolute Gasteiger partial charge is 0.337 e. The first-order valence-electron chi connectivity index (χ1n) is 6.05. The topological polar surface area (TPSA) is 67.5 Å². The summed E-state index contributed by atoms with van der Waals surface area (Å²) in [5.41, 5.74) is 1.09. The summed E-state index contributed by atoms with van der Waals surface area (Å²) in [5, 5.41) is 16.8. The number of carboxylic acids is 1. The molecule has 1 N–H and O–H groups in total. The van der Waals surface area contributed by atoms with Gasteiger partial charge in [-0.25, -0.2) is 13.6 Å². The fraction of sp³-hybridized carbons (Fsp3) is 0.0714. The largest absolute Gasteiger partial charge is 0.478 e. The fourth-order valence-electron chi connectivity index (χ4n) is 2.02. The summed E-state index contributed by atoms with van der Waals surface area (Å²) < 4.78 is 27.6. The summed E-state index contributed by atoms with van der Waals surface area (Å²) in [6.45, 7) is 0. The van der Waals surface area contributed by atoms with Crippen LogP contribution < -0.4 is 0 Å². The molecule has 7 heteroatoms. The van der Waals surface area contributed by atoms with Crippen molar-refractivity contribution in [2.45, 2.75) is 6.42 Å². The van der Waals surface area contributed by atoms with Crippen LogP contribution in [0.2, 0.25) is 0 Å². The standard InChI is InChI=1S/C14H9F2N3O2/c15-10-3-1-8(5-11(10)16)6-13-18-17-12-4-2-9(14(20)21)7-19(12)13/h1-5,7H,6H2,(H,20,21). The van der Waals surface area contributed by atoms with E-state index in [1.54, 1.807) is 0 Å². The number of hydrogen-bond acceptors (Lipinski definition) is 3. The first-order valence-corrected chi connectivity index (χ1v) is 6.05. The van der Waals surface area contributed by atoms with Gasteiger partial charge in [-0.05, 0) is 29.8 Å². The van der Waals surface area contributed by atoms with Gasteiger partial charge in [-0.3, -0.25) is 4.40 Å². The van der Waals surface area contributed by atoms with E-state index in [0.717, 1.165) is 12.1 Å². The summed E-state index contributed by atoms with van der Waals surface area (Å²) in [6, 6.07) is 6.52. The first kappa shape index (κ1) is 13.2. The SMILES string of the molecule is O=C(O)c1ccc2nnc(Cc3ccc(F)c(F)c3)n2c1. The molecule has 3 rings (SSSR count). The van der Waals surface area contributed by atoms with E-state index < -0.39 is 17.6 Å². The molecule has 21 heavy (non-hydrogen) atoms. The Labute approximate surface area is 117 Å². The van der Waals surface area contributed by atoms with Crippen molar-refractivity contribution in [3.63, 3.8) is 0 Å². The number of fused-ring (bicyclic) bond motifs is 1. The Morgan fingerprint density at radius 1 is 1.14 bits per heavy atom. The van der Waals surface area contributed by atoms with Crippen molar-refractivity contribution in [3.05, 3.63) is 65.1 Å². The predicted molar refractivity (Wildman–Crippen MR) is 69.1 cm³/mol. The van der Waals surface area contributed by atoms with Crippen molar-refractivity contribution in [1.29, 1.82) is 0 Å². The van der Waals surface area contributed by atoms with Crippen molar-refractivity contribution in [3.8, 4) is 0 Å². The van der Waals surface area contributed by atoms with Gasteiger partial charge in [0.15, 0.2) is 17.3 Å². The van der Waals surface area contributed by atoms with Gasteiger partial charge in [-0.15, -0.1) is 10.2 Å². The molecule has 0 aliphatic heterocycles. The zero-order chi connectivity index (χ0) is 15.0. The maximum absolute atomic E-state index is 13.2. The molecule has 0 amide bonds. The highest BCUT2D eigenvalue weighted by atomic mass is 19.2. The molecule has 0 saturated heterocycles. The van der Waals surface area contributed by atoms with Crippen molar-refractivity contribution in [1.82, 2.24) is 14.6 Å². The molecule has 0 saturated carbocycles. The Hall–Kier alpha value is -2.83. The molecule has 0 aliphatic rings. The van der Waals surface area contributed by atoms with Gasteiger partial charge >= 0.3 is 5.97 Å². The van der Waals surface area contributed by atoms with E-state index in [2.05, 4.69) is 10.2 Å². The number of hydrogen-bond donors (Lipinski definition) is 1. The maximum Gasteiger partial charge on any atom is 0.337 e. The van der Waals surface area contributed by atoms with Crippen LogP contribution in [0.3, 0.4) is 0 Å². The van der Waals surface area contributed by atoms with Crippen molar-refractivity contribution in [2.24, 2.45) is 0 Å². The third-order valence-corrected chi connectivity index (χ3v) is 3.07. The van der Waals surface area contributed by atoms with Crippen LogP contribution in [-0.4, -0.2) is 25.7 Å². The van der Waals surface area contributed by atoms with Crippen molar-refractivity contribution >= 4 is 11.6 Å². The Morgan fingerprint density at radius 3 is 2.67 bits per heavy atom. The van der Waals surface area contributed by atoms with E-state index in [0.29, 0.717) is 17.0 Å². The molecular formula is C14H9F2N3O2. The van der Waals surface area contributed by atoms with Gasteiger partial charge in [0.1, 0.15) is 5.82 Å². The minimum Gasteiger partial charge on any atom is -0.478 e. The quantitative estimate of drug-likeness (QED) is 0.803. The van der Waals surface area contributed by atoms with Gasteiger partial charge in [0.25, 0.3) is 0 Å². The van der Waals surface area contributed by atoms with Crippen molar-refractivity contribution in [2.75, 3.05) is 0 Å². The summed E-state index contributed by atoms with van der Waals surface area (Å²) in [7, 11) is 0. The monoisotopic (exact) mass is 289 g/mol. The maximum atomic E-state index is 13.2. The van der Waals surface area contributed by atoms with E-state index in [9.17, 15) is 13.6 Å². The molecule has 0 bridgehead atoms. The third-order valence-electron chi connectivity index (χ3n) is 3.07. The number of aromatic nitrogens is 3. The molecular weight excluding hydrogens is 280 g/mol. The lowest BCUT2D eigenvalue weighted by Crippen LogP contribution is -2.02. The van der Waals surface area contributed by atoms with Crippen LogP contribution in [-0.2, 0) is 6.42 Å². The number of nitrogens with zero attached hydrogens (tertiary/aromatic N) is 3. The van der Waals surface area contributed by atoms with Crippen LogP contribution in [0.1, 0.15) is 21.7 Å². The molecule has 2 aromatic heterocycles. The van der Waals surface area contributed by atoms with Gasteiger partial charge < -0.3 is 5.11 Å². The number of halogens is 2. The van der Waals surface area contributed by atoms with Gasteiger partial charge in [0, 0.05) is 12.6 Å². The highest BCUT2D eigenvalue weighted by Gasteiger charge is 2.11. The highest BCUT2D eigenvalue weighted by molar-refractivity contribution is 5.87. The van der Waals surface area contributed by atoms with Crippen LogP contribution >= 0.6 is 0 Å². The third kappa shape index (κ3) is 2.45. The van der Waals surface area contributed by atoms with Crippen LogP contribution in [0.4, 0.5) is 8.78 Å². The van der Waals surface area contributed by atoms with E-state index in [1.807, 2.05) is 0 Å². The lowest BCUT2D eigenvalue weighted by molar-refractivity contribution is 0.0696. The highest BCUT2D eigenvalue weighted by Crippen LogP contribution is 2.14. The van der Waals surface area contributed by atoms with Crippen LogP contribution in [0.25, 0.3) is 5.65 Å². The molecule has 2 heterocycles. The lowest BCUT2D eigenvalue weighted by atomic mass is 10.1. The number of pyridine rings is 1. The van der Waals surface area contributed by atoms with Gasteiger partial charge in [-0.1, -0.05) is 6.07 Å². The zero-order valence-corrected chi connectivity index (χ0v) is 10.6. The van der Waals surface area contributed by atoms with E-state index in [-0.39, 0.29) is 12.0 Å². The molecule has 1 aromatic carbocycles. The first-order chi connectivity index (χ1) is 10.0. The van der Waals surface area contributed by atoms with Gasteiger partial charge in [0.05, 0.1) is 5.56 Å². The molecule has 0 radical (unpaired) electrons. The van der Waals surface area contributed by atoms with Gasteiger partial charge in [-0.2, -0.15) is 0 Å². The van der Waals surface area contributed by atoms with E-state index >= 15 is 0 Å². The molecule has 0 unspecified atom stereocenters. The lowest BCUT2D eigenvalue weighted by Gasteiger charge is -2.02. The Morgan fingerprint density at radius 2 is 1.95 bits per heavy atom. The Balaban J connectivity index is 2.01. The average molecular weight is 289 g/mol. The molecule has 0 spiro atoms. The van der Waals surface area contributed by atoms with Crippen LogP contribution in [0.5, 0.6) is 0 Å². The number of carboxylic acid groups (broad SMARTS) is 1. The van der Waals surface area contributed by atoms with Crippen molar-refractivity contribution < 1.29 is 18.7 Å². The Kier molecular flexibility index (Phi) is 3.09. The normalized spacial score (nSPS) is 11.0. The second kappa shape index (κ2) is 4.93. The van der Waals surface area contributed by atoms with Crippen LogP contribution in [0, 0.1) is 11.6 Å². The summed E-state index contributed by atoms with van der Waals surface area (Å²) in [6.07, 6.45) is 1.61. The number of carbonyl (C=O) groups is 1. The fourth-order valence-corrected chi connectivity index (χ4v) is 2.02. The molecule has 3 aromatic rings. The van der Waals surface area contributed by atoms with Crippen LogP contribution in [0.15, 0.2) is 36.5 Å². The molecule has 0 aliphatic carbocycles. The molecule has 0 atom stereocenters. The summed E-state index contributed by atoms with van der Waals surface area (Å²) >= 11 is 0. The van der Waals surface area contributed by atoms with E-state index in [4.69, 9.17) is 5.11 Å². The number of rotatable bonds is 3. The number of aromatic carboxylic acids is 1. The zero-order valence-electron chi connectivity index (χ0n) is 10.6. The molecule has 106 valence electrons. The molecule has 5 nitrogen and oxygen atoms in total. The minimum atomic E-state index is -1.07. The molecule has 0 fully saturated rings. The minimum absolute atomic E-state index is 0.0915.